The number of pyridine rings is 2. The maximum absolute atomic E-state index is 6.69. The summed E-state index contributed by atoms with van der Waals surface area (Å²) in [5.41, 5.74) is 15.2. The van der Waals surface area contributed by atoms with E-state index in [-0.39, 0.29) is 25.5 Å². The van der Waals surface area contributed by atoms with Crippen LogP contribution in [0.4, 0.5) is 0 Å². The summed E-state index contributed by atoms with van der Waals surface area (Å²) in [7, 11) is 0. The van der Waals surface area contributed by atoms with Gasteiger partial charge in [-0.05, 0) is 64.4 Å². The van der Waals surface area contributed by atoms with E-state index < -0.39 is 13.3 Å². The second kappa shape index (κ2) is 18.5. The summed E-state index contributed by atoms with van der Waals surface area (Å²) in [6.45, 7) is 13.3. The van der Waals surface area contributed by atoms with Crippen LogP contribution in [0.3, 0.4) is 0 Å². The molecule has 0 amide bonds. The van der Waals surface area contributed by atoms with Crippen LogP contribution >= 0.6 is 0 Å². The van der Waals surface area contributed by atoms with Crippen LogP contribution in [0.15, 0.2) is 162 Å². The molecule has 0 atom stereocenters. The molecular formula is C58H54GeIrN4O-2. The molecule has 65 heavy (non-hydrogen) atoms. The zero-order valence-electron chi connectivity index (χ0n) is 38.6. The first-order valence-electron chi connectivity index (χ1n) is 22.2. The van der Waals surface area contributed by atoms with E-state index in [4.69, 9.17) is 14.4 Å². The SMILES string of the molecule is Cc1c[c-]c(-c2nc3ccccc3n2-c2c(-c3ccccc3)cc(C(C)(C)C)cc2-c2ccccc2)c2oc3nc(C(C)C)ccc3c12.[CH3][Ge]([CH3])([CH3])[c]1ccc(-c2[c-]cccc2)nc1.[Ir]. The molecule has 0 bridgehead atoms. The van der Waals surface area contributed by atoms with Crippen molar-refractivity contribution in [1.29, 1.82) is 0 Å². The van der Waals surface area contributed by atoms with Crippen LogP contribution < -0.4 is 4.40 Å². The van der Waals surface area contributed by atoms with Gasteiger partial charge in [0, 0.05) is 42.3 Å². The van der Waals surface area contributed by atoms with Crippen molar-refractivity contribution in [2.45, 2.75) is 70.1 Å². The van der Waals surface area contributed by atoms with Crippen LogP contribution in [-0.2, 0) is 25.5 Å². The molecule has 4 aromatic heterocycles. The minimum atomic E-state index is -1.72. The molecule has 327 valence electrons. The Morgan fingerprint density at radius 2 is 1.35 bits per heavy atom. The summed E-state index contributed by atoms with van der Waals surface area (Å²) in [4.78, 5) is 14.8. The number of para-hydroxylation sites is 2. The summed E-state index contributed by atoms with van der Waals surface area (Å²) in [5.74, 6) is 8.21. The van der Waals surface area contributed by atoms with Gasteiger partial charge in [-0.15, -0.1) is 17.7 Å². The minimum absolute atomic E-state index is 0. The molecule has 5 nitrogen and oxygen atoms in total. The van der Waals surface area contributed by atoms with E-state index in [0.29, 0.717) is 11.6 Å². The van der Waals surface area contributed by atoms with Gasteiger partial charge in [-0.25, -0.2) is 4.98 Å². The zero-order chi connectivity index (χ0) is 44.8. The molecule has 1 radical (unpaired) electrons. The summed E-state index contributed by atoms with van der Waals surface area (Å²) in [6, 6.07) is 59.9. The van der Waals surface area contributed by atoms with Crippen LogP contribution in [0.25, 0.3) is 83.7 Å². The maximum Gasteiger partial charge on any atom is 0 e. The number of furan rings is 1. The quantitative estimate of drug-likeness (QED) is 0.118. The number of aromatic nitrogens is 4. The molecule has 0 saturated heterocycles. The Balaban J connectivity index is 0.000000287. The second-order valence-corrected chi connectivity index (χ2v) is 29.7. The topological polar surface area (TPSA) is 56.7 Å². The fourth-order valence-corrected chi connectivity index (χ4v) is 10.5. The number of hydrogen-bond donors (Lipinski definition) is 0. The Morgan fingerprint density at radius 3 is 1.94 bits per heavy atom. The minimum Gasteiger partial charge on any atom is 0 e. The Bertz CT molecular complexity index is 3190. The van der Waals surface area contributed by atoms with Crippen molar-refractivity contribution in [2.75, 3.05) is 0 Å². The molecule has 6 aromatic carbocycles. The van der Waals surface area contributed by atoms with Crippen molar-refractivity contribution in [2.24, 2.45) is 0 Å². The molecule has 10 rings (SSSR count). The molecule has 7 heteroatoms. The van der Waals surface area contributed by atoms with Gasteiger partial charge in [0.2, 0.25) is 5.71 Å². The zero-order valence-corrected chi connectivity index (χ0v) is 43.1. The third-order valence-electron chi connectivity index (χ3n) is 12.0. The van der Waals surface area contributed by atoms with Gasteiger partial charge >= 0.3 is 99.8 Å². The van der Waals surface area contributed by atoms with Gasteiger partial charge < -0.3 is 8.98 Å². The number of nitrogens with zero attached hydrogens (tertiary/aromatic N) is 4. The monoisotopic (exact) mass is 1090 g/mol. The third-order valence-corrected chi connectivity index (χ3v) is 16.2. The van der Waals surface area contributed by atoms with Gasteiger partial charge in [-0.1, -0.05) is 125 Å². The van der Waals surface area contributed by atoms with Crippen molar-refractivity contribution < 1.29 is 24.5 Å². The summed E-state index contributed by atoms with van der Waals surface area (Å²) in [5, 5.41) is 2.06. The van der Waals surface area contributed by atoms with Crippen molar-refractivity contribution in [3.63, 3.8) is 0 Å². The fraction of sp³-hybridized carbons (Fsp3) is 0.190. The molecule has 0 unspecified atom stereocenters. The molecule has 4 heterocycles. The summed E-state index contributed by atoms with van der Waals surface area (Å²) >= 11 is -1.72. The van der Waals surface area contributed by atoms with Gasteiger partial charge in [0.25, 0.3) is 0 Å². The van der Waals surface area contributed by atoms with Crippen molar-refractivity contribution in [3.05, 3.63) is 187 Å². The van der Waals surface area contributed by atoms with E-state index >= 15 is 0 Å². The molecule has 10 aromatic rings. The maximum atomic E-state index is 6.69. The molecule has 0 aliphatic carbocycles. The van der Waals surface area contributed by atoms with Gasteiger partial charge in [0.1, 0.15) is 0 Å². The first kappa shape index (κ1) is 45.6. The number of rotatable bonds is 7. The Labute approximate surface area is 399 Å². The van der Waals surface area contributed by atoms with Crippen LogP contribution in [0.1, 0.15) is 57.4 Å². The Hall–Kier alpha value is -5.92. The smallest absolute Gasteiger partial charge is 0 e. The predicted molar refractivity (Wildman–Crippen MR) is 270 cm³/mol. The Morgan fingerprint density at radius 1 is 0.708 bits per heavy atom. The van der Waals surface area contributed by atoms with Crippen molar-refractivity contribution in [3.8, 4) is 50.6 Å². The average molecular weight is 1090 g/mol. The van der Waals surface area contributed by atoms with E-state index in [1.807, 2.05) is 30.5 Å². The average Bonchev–Trinajstić information content (AvgIpc) is 3.88. The number of imidazole rings is 1. The number of benzene rings is 6. The van der Waals surface area contributed by atoms with E-state index in [1.54, 1.807) is 0 Å². The van der Waals surface area contributed by atoms with E-state index in [1.165, 1.54) is 9.96 Å². The standard InChI is InChI=1S/C44H38N3O.C14H16GeN.Ir/c1-27(2)36-24-23-32-39-28(3)21-22-33(41(39)48-43(32)46-36)42-45-37-19-13-14-20-38(37)47(42)40-34(29-15-9-7-10-16-29)25-31(44(4,5)6)26-35(40)30-17-11-8-12-18-30;1-15(2,3)13-9-10-14(16-11-13)12-7-5-4-6-8-12;/h7-21,23-27H,1-6H3;4-7,9-11H,1-3H3;/q2*-1;. The molecular weight excluding hydrogens is 1030 g/mol. The normalized spacial score (nSPS) is 11.8. The largest absolute Gasteiger partial charge is 0 e. The fourth-order valence-electron chi connectivity index (χ4n) is 8.32. The van der Waals surface area contributed by atoms with Crippen LogP contribution in [0.2, 0.25) is 17.3 Å². The van der Waals surface area contributed by atoms with Gasteiger partial charge in [-0.3, -0.25) is 4.98 Å². The predicted octanol–water partition coefficient (Wildman–Crippen LogP) is 14.9. The van der Waals surface area contributed by atoms with Crippen LogP contribution in [-0.4, -0.2) is 32.8 Å². The van der Waals surface area contributed by atoms with Gasteiger partial charge in [0.05, 0.1) is 28.1 Å². The number of hydrogen-bond acceptors (Lipinski definition) is 4. The van der Waals surface area contributed by atoms with Crippen LogP contribution in [0, 0.1) is 19.1 Å². The van der Waals surface area contributed by atoms with E-state index in [0.717, 1.165) is 89.2 Å². The molecule has 0 aliphatic heterocycles. The van der Waals surface area contributed by atoms with E-state index in [2.05, 4.69) is 208 Å². The second-order valence-electron chi connectivity index (χ2n) is 19.0. The molecule has 0 N–H and O–H groups in total. The molecule has 0 fully saturated rings. The van der Waals surface area contributed by atoms with E-state index in [9.17, 15) is 0 Å². The molecule has 0 saturated carbocycles. The summed E-state index contributed by atoms with van der Waals surface area (Å²) in [6.07, 6.45) is 2.04. The first-order valence-corrected chi connectivity index (χ1v) is 29.6. The van der Waals surface area contributed by atoms with Crippen LogP contribution in [0.5, 0.6) is 0 Å². The van der Waals surface area contributed by atoms with Gasteiger partial charge in [0.15, 0.2) is 0 Å². The first-order chi connectivity index (χ1) is 30.8. The number of aryl methyl sites for hydroxylation is 1. The molecule has 0 spiro atoms. The molecule has 0 aliphatic rings. The van der Waals surface area contributed by atoms with Crippen molar-refractivity contribution >= 4 is 50.8 Å². The Kier molecular flexibility index (Phi) is 13.0. The number of fused-ring (bicyclic) bond motifs is 4. The van der Waals surface area contributed by atoms with Crippen molar-refractivity contribution in [1.82, 2.24) is 19.5 Å². The summed E-state index contributed by atoms with van der Waals surface area (Å²) < 4.78 is 10.5. The van der Waals surface area contributed by atoms with Gasteiger partial charge in [-0.2, -0.15) is 0 Å². The third kappa shape index (κ3) is 9.18.